The zero-order valence-electron chi connectivity index (χ0n) is 10.1. The predicted molar refractivity (Wildman–Crippen MR) is 73.2 cm³/mol. The molecule has 0 amide bonds. The molecule has 1 aliphatic heterocycles. The Bertz CT molecular complexity index is 368. The summed E-state index contributed by atoms with van der Waals surface area (Å²) in [7, 11) is 0. The summed E-state index contributed by atoms with van der Waals surface area (Å²) >= 11 is 3.95. The van der Waals surface area contributed by atoms with Gasteiger partial charge >= 0.3 is 5.97 Å². The lowest BCUT2D eigenvalue weighted by Crippen LogP contribution is -2.34. The number of esters is 1. The maximum atomic E-state index is 11.0. The van der Waals surface area contributed by atoms with Crippen LogP contribution in [0, 0.1) is 0 Å². The van der Waals surface area contributed by atoms with Crippen molar-refractivity contribution in [1.82, 2.24) is 4.90 Å². The standard InChI is InChI=1S/C13H17NO3S/c1-2-13(16)17-11-5-8-14(9-6-11)7-3-4-12(18)10-15/h2-4,7,10-11,18H,1,5-6,8-9H2/b7-3+,12-4-. The molecule has 1 rings (SSSR count). The van der Waals surface area contributed by atoms with E-state index in [-0.39, 0.29) is 12.1 Å². The van der Waals surface area contributed by atoms with E-state index in [1.165, 1.54) is 6.08 Å². The van der Waals surface area contributed by atoms with E-state index in [2.05, 4.69) is 24.1 Å². The van der Waals surface area contributed by atoms with Crippen molar-refractivity contribution in [3.8, 4) is 0 Å². The molecule has 18 heavy (non-hydrogen) atoms. The lowest BCUT2D eigenvalue weighted by Gasteiger charge is -2.30. The van der Waals surface area contributed by atoms with Crippen molar-refractivity contribution in [2.24, 2.45) is 0 Å². The highest BCUT2D eigenvalue weighted by Gasteiger charge is 2.19. The van der Waals surface area contributed by atoms with Crippen molar-refractivity contribution in [3.05, 3.63) is 35.9 Å². The van der Waals surface area contributed by atoms with Gasteiger partial charge in [-0.15, -0.1) is 12.6 Å². The first kappa shape index (κ1) is 14.6. The Hall–Kier alpha value is -1.49. The number of thiol groups is 1. The molecule has 4 nitrogen and oxygen atoms in total. The van der Waals surface area contributed by atoms with Crippen molar-refractivity contribution < 1.29 is 14.3 Å². The summed E-state index contributed by atoms with van der Waals surface area (Å²) < 4.78 is 5.17. The normalized spacial score (nSPS) is 17.8. The van der Waals surface area contributed by atoms with Crippen LogP contribution in [-0.4, -0.2) is 36.3 Å². The molecule has 1 saturated heterocycles. The molecule has 0 spiro atoms. The summed E-state index contributed by atoms with van der Waals surface area (Å²) in [6.45, 7) is 5.01. The number of carbonyl (C=O) groups is 2. The molecule has 0 radical (unpaired) electrons. The Balaban J connectivity index is 2.33. The second-order valence-corrected chi connectivity index (χ2v) is 4.44. The van der Waals surface area contributed by atoms with Crippen molar-refractivity contribution in [2.75, 3.05) is 13.1 Å². The van der Waals surface area contributed by atoms with Crippen LogP contribution in [0.3, 0.4) is 0 Å². The average Bonchev–Trinajstić information content (AvgIpc) is 2.40. The van der Waals surface area contributed by atoms with Gasteiger partial charge in [0.25, 0.3) is 0 Å². The molecule has 0 N–H and O–H groups in total. The molecule has 1 fully saturated rings. The van der Waals surface area contributed by atoms with E-state index in [9.17, 15) is 9.59 Å². The number of ether oxygens (including phenoxy) is 1. The largest absolute Gasteiger partial charge is 0.459 e. The van der Waals surface area contributed by atoms with Gasteiger partial charge in [0.1, 0.15) is 6.10 Å². The van der Waals surface area contributed by atoms with Crippen LogP contribution < -0.4 is 0 Å². The summed E-state index contributed by atoms with van der Waals surface area (Å²) in [5.41, 5.74) is 0. The van der Waals surface area contributed by atoms with Crippen molar-refractivity contribution in [2.45, 2.75) is 18.9 Å². The van der Waals surface area contributed by atoms with Crippen molar-refractivity contribution in [3.63, 3.8) is 0 Å². The third-order valence-electron chi connectivity index (χ3n) is 2.61. The first-order chi connectivity index (χ1) is 8.65. The highest BCUT2D eigenvalue weighted by atomic mass is 32.1. The lowest BCUT2D eigenvalue weighted by molar-refractivity contribution is -0.144. The lowest BCUT2D eigenvalue weighted by atomic mass is 10.1. The van der Waals surface area contributed by atoms with Gasteiger partial charge in [-0.2, -0.15) is 0 Å². The zero-order chi connectivity index (χ0) is 13.4. The zero-order valence-corrected chi connectivity index (χ0v) is 11.0. The maximum absolute atomic E-state index is 11.0. The first-order valence-corrected chi connectivity index (χ1v) is 6.20. The monoisotopic (exact) mass is 267 g/mol. The van der Waals surface area contributed by atoms with E-state index in [1.807, 2.05) is 6.20 Å². The molecule has 0 aromatic rings. The minimum Gasteiger partial charge on any atom is -0.459 e. The van der Waals surface area contributed by atoms with Crippen LogP contribution in [0.1, 0.15) is 12.8 Å². The van der Waals surface area contributed by atoms with Gasteiger partial charge in [0.15, 0.2) is 6.29 Å². The summed E-state index contributed by atoms with van der Waals surface area (Å²) in [5, 5.41) is 0. The number of hydrogen-bond donors (Lipinski definition) is 1. The Kier molecular flexibility index (Phi) is 6.28. The van der Waals surface area contributed by atoms with Crippen molar-refractivity contribution >= 4 is 24.9 Å². The molecule has 1 aliphatic rings. The van der Waals surface area contributed by atoms with Gasteiger partial charge in [-0.1, -0.05) is 6.58 Å². The number of likely N-dealkylation sites (tertiary alicyclic amines) is 1. The van der Waals surface area contributed by atoms with E-state index < -0.39 is 0 Å². The smallest absolute Gasteiger partial charge is 0.330 e. The van der Waals surface area contributed by atoms with E-state index >= 15 is 0 Å². The highest BCUT2D eigenvalue weighted by Crippen LogP contribution is 2.14. The Labute approximate surface area is 112 Å². The fourth-order valence-corrected chi connectivity index (χ4v) is 1.74. The van der Waals surface area contributed by atoms with E-state index in [4.69, 9.17) is 4.74 Å². The second-order valence-electron chi connectivity index (χ2n) is 3.93. The number of rotatable bonds is 5. The average molecular weight is 267 g/mol. The van der Waals surface area contributed by atoms with Crippen molar-refractivity contribution in [1.29, 1.82) is 0 Å². The minimum absolute atomic E-state index is 0.0221. The third-order valence-corrected chi connectivity index (χ3v) is 2.87. The van der Waals surface area contributed by atoms with Gasteiger partial charge in [0.2, 0.25) is 0 Å². The third kappa shape index (κ3) is 5.23. The van der Waals surface area contributed by atoms with Crippen LogP contribution in [0.2, 0.25) is 0 Å². The Morgan fingerprint density at radius 1 is 1.39 bits per heavy atom. The second kappa shape index (κ2) is 7.76. The molecule has 0 unspecified atom stereocenters. The summed E-state index contributed by atoms with van der Waals surface area (Å²) in [6, 6.07) is 0. The quantitative estimate of drug-likeness (QED) is 0.271. The van der Waals surface area contributed by atoms with Gasteiger partial charge in [0.05, 0.1) is 0 Å². The van der Waals surface area contributed by atoms with Gasteiger partial charge in [-0.25, -0.2) is 4.79 Å². The number of carbonyl (C=O) groups excluding carboxylic acids is 2. The van der Waals surface area contributed by atoms with E-state index in [0.717, 1.165) is 25.9 Å². The fraction of sp³-hybridized carbons (Fsp3) is 0.385. The predicted octanol–water partition coefficient (Wildman–Crippen LogP) is 1.71. The Morgan fingerprint density at radius 2 is 2.06 bits per heavy atom. The summed E-state index contributed by atoms with van der Waals surface area (Å²) in [5.74, 6) is -0.363. The summed E-state index contributed by atoms with van der Waals surface area (Å²) in [4.78, 5) is 23.8. The first-order valence-electron chi connectivity index (χ1n) is 5.75. The summed E-state index contributed by atoms with van der Waals surface area (Å²) in [6.07, 6.45) is 8.78. The molecule has 0 bridgehead atoms. The van der Waals surface area contributed by atoms with Crippen LogP contribution >= 0.6 is 12.6 Å². The molecule has 1 heterocycles. The van der Waals surface area contributed by atoms with E-state index in [1.54, 1.807) is 12.2 Å². The molecule has 0 aromatic carbocycles. The number of piperidine rings is 1. The topological polar surface area (TPSA) is 46.6 Å². The molecule has 5 heteroatoms. The minimum atomic E-state index is -0.363. The highest BCUT2D eigenvalue weighted by molar-refractivity contribution is 7.85. The number of allylic oxidation sites excluding steroid dienone is 3. The number of nitrogens with zero attached hydrogens (tertiary/aromatic N) is 1. The maximum Gasteiger partial charge on any atom is 0.330 e. The SMILES string of the molecule is C=CC(=O)OC1CCN(/C=C/C=C(\S)C=O)CC1. The number of aldehydes is 1. The molecular weight excluding hydrogens is 250 g/mol. The fourth-order valence-electron chi connectivity index (χ4n) is 1.66. The van der Waals surface area contributed by atoms with Crippen LogP contribution in [0.5, 0.6) is 0 Å². The van der Waals surface area contributed by atoms with E-state index in [0.29, 0.717) is 11.2 Å². The van der Waals surface area contributed by atoms with Crippen LogP contribution in [-0.2, 0) is 14.3 Å². The van der Waals surface area contributed by atoms with Gasteiger partial charge < -0.3 is 9.64 Å². The Morgan fingerprint density at radius 3 is 2.61 bits per heavy atom. The van der Waals surface area contributed by atoms with Crippen LogP contribution in [0.4, 0.5) is 0 Å². The van der Waals surface area contributed by atoms with Gasteiger partial charge in [0, 0.05) is 36.9 Å². The molecule has 0 aromatic heterocycles. The van der Waals surface area contributed by atoms with Crippen LogP contribution in [0.15, 0.2) is 35.9 Å². The van der Waals surface area contributed by atoms with Crippen LogP contribution in [0.25, 0.3) is 0 Å². The number of hydrogen-bond acceptors (Lipinski definition) is 5. The molecule has 98 valence electrons. The molecular formula is C13H17NO3S. The molecule has 0 saturated carbocycles. The van der Waals surface area contributed by atoms with Gasteiger partial charge in [-0.05, 0) is 18.4 Å². The van der Waals surface area contributed by atoms with Gasteiger partial charge in [-0.3, -0.25) is 4.79 Å². The molecule has 0 atom stereocenters. The molecule has 0 aliphatic carbocycles.